The Morgan fingerprint density at radius 2 is 1.60 bits per heavy atom. The first-order valence-corrected chi connectivity index (χ1v) is 17.2. The second-order valence-electron chi connectivity index (χ2n) is 13.2. The molecule has 5 unspecified atom stereocenters. The summed E-state index contributed by atoms with van der Waals surface area (Å²) < 4.78 is 90.7. The molecule has 0 aromatic heterocycles. The Hall–Kier alpha value is -1.51. The first kappa shape index (κ1) is 33.4. The Morgan fingerprint density at radius 1 is 0.952 bits per heavy atom. The van der Waals surface area contributed by atoms with Crippen molar-refractivity contribution in [2.45, 2.75) is 121 Å². The summed E-state index contributed by atoms with van der Waals surface area (Å²) in [4.78, 5) is 0. The highest BCUT2D eigenvalue weighted by atomic mass is 32.2. The van der Waals surface area contributed by atoms with E-state index in [2.05, 4.69) is 13.5 Å². The summed E-state index contributed by atoms with van der Waals surface area (Å²) in [7, 11) is -1.38. The van der Waals surface area contributed by atoms with Crippen molar-refractivity contribution in [2.75, 3.05) is 11.5 Å². The molecule has 3 aliphatic carbocycles. The number of allylic oxidation sites excluding steroid dienone is 1. The van der Waals surface area contributed by atoms with Crippen LogP contribution < -0.4 is 0 Å². The average Bonchev–Trinajstić information content (AvgIpc) is 3.22. The minimum Gasteiger partial charge on any atom is -0.508 e. The van der Waals surface area contributed by atoms with Crippen LogP contribution in [0.15, 0.2) is 30.4 Å². The molecule has 7 atom stereocenters. The van der Waals surface area contributed by atoms with E-state index < -0.39 is 41.9 Å². The highest BCUT2D eigenvalue weighted by Gasteiger charge is 2.57. The first-order valence-electron chi connectivity index (χ1n) is 15.7. The smallest absolute Gasteiger partial charge is 0.453 e. The molecule has 1 aromatic rings. The fraction of sp³-hybridized carbons (Fsp3) is 0.758. The number of alkyl halides is 6. The largest absolute Gasteiger partial charge is 0.508 e. The van der Waals surface area contributed by atoms with Crippen molar-refractivity contribution in [3.05, 3.63) is 41.5 Å². The molecule has 9 heteroatoms. The van der Waals surface area contributed by atoms with Crippen molar-refractivity contribution in [1.82, 2.24) is 0 Å². The van der Waals surface area contributed by atoms with Gasteiger partial charge in [-0.1, -0.05) is 63.7 Å². The van der Waals surface area contributed by atoms with E-state index in [0.29, 0.717) is 29.6 Å². The first-order chi connectivity index (χ1) is 19.8. The van der Waals surface area contributed by atoms with Gasteiger partial charge in [0.15, 0.2) is 0 Å². The van der Waals surface area contributed by atoms with E-state index >= 15 is 4.39 Å². The van der Waals surface area contributed by atoms with Gasteiger partial charge in [0.2, 0.25) is 0 Å². The minimum atomic E-state index is -5.56. The molecule has 0 saturated heterocycles. The number of fused-ring (bicyclic) bond motifs is 5. The van der Waals surface area contributed by atoms with Gasteiger partial charge in [0.1, 0.15) is 11.9 Å². The summed E-state index contributed by atoms with van der Waals surface area (Å²) in [6.07, 6.45) is 3.08. The summed E-state index contributed by atoms with van der Waals surface area (Å²) in [5.41, 5.74) is 3.17. The van der Waals surface area contributed by atoms with Crippen molar-refractivity contribution < 1.29 is 35.7 Å². The second kappa shape index (κ2) is 13.6. The lowest BCUT2D eigenvalue weighted by Gasteiger charge is -2.53. The lowest BCUT2D eigenvalue weighted by Crippen LogP contribution is -2.45. The number of aromatic hydroxyl groups is 1. The maximum atomic E-state index is 16.2. The van der Waals surface area contributed by atoms with E-state index in [0.717, 1.165) is 76.2 Å². The van der Waals surface area contributed by atoms with Crippen LogP contribution in [-0.4, -0.2) is 32.9 Å². The maximum Gasteiger partial charge on any atom is 0.453 e. The predicted molar refractivity (Wildman–Crippen MR) is 156 cm³/mol. The summed E-state index contributed by atoms with van der Waals surface area (Å²) in [6, 6.07) is 5.27. The molecule has 4 rings (SSSR count). The summed E-state index contributed by atoms with van der Waals surface area (Å²) in [6.45, 7) is 6.73. The van der Waals surface area contributed by atoms with E-state index in [4.69, 9.17) is 0 Å². The Labute approximate surface area is 249 Å². The van der Waals surface area contributed by atoms with E-state index in [1.165, 1.54) is 5.57 Å². The number of benzene rings is 1. The number of halogens is 6. The summed E-state index contributed by atoms with van der Waals surface area (Å²) in [5, 5.41) is 10.1. The lowest BCUT2D eigenvalue weighted by molar-refractivity contribution is -0.284. The average molecular weight is 621 g/mol. The van der Waals surface area contributed by atoms with Gasteiger partial charge in [0, 0.05) is 28.7 Å². The lowest BCUT2D eigenvalue weighted by atomic mass is 9.51. The summed E-state index contributed by atoms with van der Waals surface area (Å²) >= 11 is 0. The molecule has 3 aliphatic rings. The molecule has 238 valence electrons. The predicted octanol–water partition coefficient (Wildman–Crippen LogP) is 10.3. The molecular formula is C33H46F6O2S. The van der Waals surface area contributed by atoms with Crippen LogP contribution in [0.25, 0.3) is 0 Å². The Kier molecular flexibility index (Phi) is 10.8. The van der Waals surface area contributed by atoms with E-state index in [1.54, 1.807) is 12.1 Å². The SMILES string of the molecule is C=C1CCC2C3C(CC[C@]12C)c1ccc(O)cc1C(F)[C@H]3CCCCCCCCCS(=O)CCCC(F)(F)C(F)(F)F. The van der Waals surface area contributed by atoms with Crippen LogP contribution in [0, 0.1) is 23.2 Å². The van der Waals surface area contributed by atoms with Gasteiger partial charge in [-0.2, -0.15) is 22.0 Å². The van der Waals surface area contributed by atoms with Crippen molar-refractivity contribution in [3.8, 4) is 5.75 Å². The Balaban J connectivity index is 1.19. The molecule has 0 spiro atoms. The molecule has 0 bridgehead atoms. The number of rotatable bonds is 14. The second-order valence-corrected chi connectivity index (χ2v) is 14.9. The molecule has 0 heterocycles. The van der Waals surface area contributed by atoms with Crippen LogP contribution >= 0.6 is 0 Å². The summed E-state index contributed by atoms with van der Waals surface area (Å²) in [5.74, 6) is -3.42. The van der Waals surface area contributed by atoms with Crippen molar-refractivity contribution in [1.29, 1.82) is 0 Å². The van der Waals surface area contributed by atoms with Gasteiger partial charge >= 0.3 is 12.1 Å². The van der Waals surface area contributed by atoms with Crippen LogP contribution in [0.3, 0.4) is 0 Å². The Morgan fingerprint density at radius 3 is 2.29 bits per heavy atom. The molecule has 0 radical (unpaired) electrons. The maximum absolute atomic E-state index is 16.2. The third-order valence-electron chi connectivity index (χ3n) is 10.6. The number of unbranched alkanes of at least 4 members (excludes halogenated alkanes) is 6. The van der Waals surface area contributed by atoms with Gasteiger partial charge in [-0.3, -0.25) is 4.21 Å². The zero-order valence-corrected chi connectivity index (χ0v) is 25.5. The molecule has 42 heavy (non-hydrogen) atoms. The van der Waals surface area contributed by atoms with E-state index in [1.807, 2.05) is 6.07 Å². The zero-order valence-electron chi connectivity index (χ0n) is 24.7. The molecule has 1 aromatic carbocycles. The molecule has 2 fully saturated rings. The zero-order chi connectivity index (χ0) is 30.7. The van der Waals surface area contributed by atoms with Crippen LogP contribution in [0.5, 0.6) is 5.75 Å². The number of phenolic OH excluding ortho intramolecular Hbond substituents is 1. The fourth-order valence-corrected chi connectivity index (χ4v) is 9.39. The topological polar surface area (TPSA) is 37.3 Å². The molecule has 0 amide bonds. The number of hydrogen-bond donors (Lipinski definition) is 1. The van der Waals surface area contributed by atoms with Gasteiger partial charge in [-0.05, 0) is 97.3 Å². The van der Waals surface area contributed by atoms with Crippen LogP contribution in [0.2, 0.25) is 0 Å². The molecule has 2 saturated carbocycles. The molecule has 0 aliphatic heterocycles. The third-order valence-corrected chi connectivity index (χ3v) is 12.1. The molecule has 2 nitrogen and oxygen atoms in total. The van der Waals surface area contributed by atoms with Crippen LogP contribution in [-0.2, 0) is 10.8 Å². The normalized spacial score (nSPS) is 30.1. The van der Waals surface area contributed by atoms with Gasteiger partial charge < -0.3 is 5.11 Å². The molecule has 1 N–H and O–H groups in total. The van der Waals surface area contributed by atoms with Gasteiger partial charge in [-0.15, -0.1) is 0 Å². The van der Waals surface area contributed by atoms with Gasteiger partial charge in [0.05, 0.1) is 0 Å². The van der Waals surface area contributed by atoms with Gasteiger partial charge in [0.25, 0.3) is 0 Å². The highest BCUT2D eigenvalue weighted by molar-refractivity contribution is 7.84. The van der Waals surface area contributed by atoms with E-state index in [9.17, 15) is 31.3 Å². The van der Waals surface area contributed by atoms with Crippen LogP contribution in [0.1, 0.15) is 120 Å². The highest BCUT2D eigenvalue weighted by Crippen LogP contribution is 2.66. The van der Waals surface area contributed by atoms with Crippen molar-refractivity contribution in [2.24, 2.45) is 23.2 Å². The molecular weight excluding hydrogens is 574 g/mol. The number of hydrogen-bond acceptors (Lipinski definition) is 2. The quantitative estimate of drug-likeness (QED) is 0.128. The third kappa shape index (κ3) is 7.23. The van der Waals surface area contributed by atoms with Crippen molar-refractivity contribution >= 4 is 10.8 Å². The van der Waals surface area contributed by atoms with E-state index in [-0.39, 0.29) is 28.8 Å². The monoisotopic (exact) mass is 620 g/mol. The Bertz CT molecular complexity index is 1100. The minimum absolute atomic E-state index is 0.0640. The van der Waals surface area contributed by atoms with Crippen molar-refractivity contribution in [3.63, 3.8) is 0 Å². The van der Waals surface area contributed by atoms with Crippen LogP contribution in [0.4, 0.5) is 26.3 Å². The van der Waals surface area contributed by atoms with Gasteiger partial charge in [-0.25, -0.2) is 4.39 Å². The standard InChI is InChI=1S/C33H46F6O2S/c1-22-12-15-28-29-25(16-18-31(22,28)2)24-14-13-23(40)21-27(24)30(34)26(29)11-8-6-4-3-5-7-9-19-42(41)20-10-17-32(35,36)33(37,38)39/h13-14,21,25-26,28-30,40H,1,3-12,15-20H2,2H3/t25?,26-,28?,29?,30?,31+,42?/m0/s1. The number of phenols is 1. The fourth-order valence-electron chi connectivity index (χ4n) is 8.19.